The molecule has 1 aliphatic carbocycles. The van der Waals surface area contributed by atoms with Gasteiger partial charge in [-0.05, 0) is 49.1 Å². The van der Waals surface area contributed by atoms with Gasteiger partial charge in [0.05, 0.1) is 12.2 Å². The Hall–Kier alpha value is -2.81. The van der Waals surface area contributed by atoms with Crippen LogP contribution >= 0.6 is 11.3 Å². The molecule has 2 aromatic heterocycles. The van der Waals surface area contributed by atoms with Gasteiger partial charge in [0.25, 0.3) is 5.91 Å². The molecule has 1 saturated carbocycles. The first-order valence-electron chi connectivity index (χ1n) is 10.9. The first-order chi connectivity index (χ1) is 15.2. The molecule has 0 unspecified atom stereocenters. The normalized spacial score (nSPS) is 23.5. The fourth-order valence-electron chi connectivity index (χ4n) is 4.56. The Morgan fingerprint density at radius 2 is 1.94 bits per heavy atom. The maximum atomic E-state index is 13.1. The third kappa shape index (κ3) is 4.53. The number of hydrogen-bond donors (Lipinski definition) is 2. The van der Waals surface area contributed by atoms with Crippen LogP contribution in [0, 0.1) is 11.3 Å². The van der Waals surface area contributed by atoms with Crippen molar-refractivity contribution in [2.24, 2.45) is 11.3 Å². The molecule has 1 aliphatic heterocycles. The lowest BCUT2D eigenvalue weighted by Crippen LogP contribution is -2.51. The van der Waals surface area contributed by atoms with E-state index < -0.39 is 11.6 Å². The Labute approximate surface area is 191 Å². The highest BCUT2D eigenvalue weighted by Crippen LogP contribution is 2.43. The van der Waals surface area contributed by atoms with Crippen molar-refractivity contribution >= 4 is 29.2 Å². The molecular formula is C23H29N5O3S. The molecule has 4 rings (SSSR count). The van der Waals surface area contributed by atoms with E-state index in [1.54, 1.807) is 12.4 Å². The van der Waals surface area contributed by atoms with Crippen LogP contribution in [0.4, 0.5) is 4.79 Å². The first-order valence-corrected chi connectivity index (χ1v) is 11.8. The van der Waals surface area contributed by atoms with Gasteiger partial charge in [-0.2, -0.15) is 0 Å². The van der Waals surface area contributed by atoms with E-state index in [2.05, 4.69) is 41.4 Å². The topological polar surface area (TPSA) is 104 Å². The van der Waals surface area contributed by atoms with Gasteiger partial charge >= 0.3 is 6.03 Å². The van der Waals surface area contributed by atoms with Crippen molar-refractivity contribution in [2.45, 2.75) is 58.5 Å². The van der Waals surface area contributed by atoms with Gasteiger partial charge in [0.2, 0.25) is 5.91 Å². The third-order valence-electron chi connectivity index (χ3n) is 6.58. The van der Waals surface area contributed by atoms with E-state index in [4.69, 9.17) is 0 Å². The van der Waals surface area contributed by atoms with Crippen molar-refractivity contribution in [3.05, 3.63) is 34.9 Å². The molecule has 32 heavy (non-hydrogen) atoms. The number of carbonyl (C=O) groups excluding carboxylic acids is 3. The summed E-state index contributed by atoms with van der Waals surface area (Å²) in [6.07, 6.45) is 6.43. The average Bonchev–Trinajstić information content (AvgIpc) is 3.32. The number of hydrogen-bond acceptors (Lipinski definition) is 6. The molecule has 8 nitrogen and oxygen atoms in total. The number of aromatic nitrogens is 2. The van der Waals surface area contributed by atoms with Crippen LogP contribution in [0.25, 0.3) is 11.3 Å². The van der Waals surface area contributed by atoms with Crippen molar-refractivity contribution in [3.63, 3.8) is 0 Å². The number of thiazole rings is 1. The maximum Gasteiger partial charge on any atom is 0.325 e. The smallest absolute Gasteiger partial charge is 0.325 e. The third-order valence-corrected chi connectivity index (χ3v) is 7.42. The van der Waals surface area contributed by atoms with Crippen molar-refractivity contribution in [2.75, 3.05) is 6.54 Å². The fourth-order valence-corrected chi connectivity index (χ4v) is 5.30. The zero-order valence-corrected chi connectivity index (χ0v) is 19.5. The molecular weight excluding hydrogens is 426 g/mol. The Bertz CT molecular complexity index is 1010. The molecule has 2 N–H and O–H groups in total. The summed E-state index contributed by atoms with van der Waals surface area (Å²) < 4.78 is 0. The Morgan fingerprint density at radius 3 is 2.59 bits per heavy atom. The molecule has 0 bridgehead atoms. The summed E-state index contributed by atoms with van der Waals surface area (Å²) in [5, 5.41) is 8.33. The van der Waals surface area contributed by atoms with E-state index >= 15 is 0 Å². The fraction of sp³-hybridized carbons (Fsp3) is 0.522. The second-order valence-corrected chi connectivity index (χ2v) is 10.6. The molecule has 2 fully saturated rings. The summed E-state index contributed by atoms with van der Waals surface area (Å²) >= 11 is 1.44. The number of amides is 4. The summed E-state index contributed by atoms with van der Waals surface area (Å²) in [5.74, 6) is -0.140. The van der Waals surface area contributed by atoms with Gasteiger partial charge in [0.15, 0.2) is 0 Å². The zero-order chi connectivity index (χ0) is 22.9. The Kier molecular flexibility index (Phi) is 6.03. The van der Waals surface area contributed by atoms with Crippen LogP contribution < -0.4 is 10.6 Å². The molecule has 3 heterocycles. The van der Waals surface area contributed by atoms with E-state index in [1.807, 2.05) is 17.5 Å². The minimum Gasteiger partial charge on any atom is -0.348 e. The lowest BCUT2D eigenvalue weighted by Gasteiger charge is -2.40. The summed E-state index contributed by atoms with van der Waals surface area (Å²) in [4.78, 5) is 47.6. The van der Waals surface area contributed by atoms with Gasteiger partial charge < -0.3 is 10.6 Å². The van der Waals surface area contributed by atoms with Crippen molar-refractivity contribution in [1.82, 2.24) is 25.5 Å². The van der Waals surface area contributed by atoms with E-state index in [-0.39, 0.29) is 30.3 Å². The lowest BCUT2D eigenvalue weighted by atomic mass is 9.67. The number of carbonyl (C=O) groups is 3. The molecule has 0 aromatic carbocycles. The molecule has 0 radical (unpaired) electrons. The highest BCUT2D eigenvalue weighted by molar-refractivity contribution is 7.09. The van der Waals surface area contributed by atoms with Crippen LogP contribution in [-0.2, 0) is 16.1 Å². The van der Waals surface area contributed by atoms with E-state index in [1.165, 1.54) is 11.3 Å². The minimum atomic E-state index is -0.853. The SMILES string of the molecule is CC(C)(C)C1CCC2(CC1)NC(=O)N(CC(=O)NCc1nc(-c3ccncc3)cs1)C2=O. The lowest BCUT2D eigenvalue weighted by molar-refractivity contribution is -0.136. The summed E-state index contributed by atoms with van der Waals surface area (Å²) in [6, 6.07) is 3.27. The van der Waals surface area contributed by atoms with Crippen LogP contribution in [0.1, 0.15) is 51.5 Å². The molecule has 4 amide bonds. The molecule has 2 aliphatic rings. The first kappa shape index (κ1) is 22.4. The maximum absolute atomic E-state index is 13.1. The van der Waals surface area contributed by atoms with Crippen LogP contribution in [0.2, 0.25) is 0 Å². The van der Waals surface area contributed by atoms with Gasteiger partial charge in [-0.25, -0.2) is 9.78 Å². The van der Waals surface area contributed by atoms with Crippen LogP contribution in [0.3, 0.4) is 0 Å². The number of nitrogens with one attached hydrogen (secondary N) is 2. The van der Waals surface area contributed by atoms with Gasteiger partial charge in [0.1, 0.15) is 17.1 Å². The van der Waals surface area contributed by atoms with Gasteiger partial charge in [-0.1, -0.05) is 20.8 Å². The van der Waals surface area contributed by atoms with E-state index in [9.17, 15) is 14.4 Å². The van der Waals surface area contributed by atoms with Crippen molar-refractivity contribution in [1.29, 1.82) is 0 Å². The van der Waals surface area contributed by atoms with Crippen LogP contribution in [0.15, 0.2) is 29.9 Å². The van der Waals surface area contributed by atoms with E-state index in [0.717, 1.165) is 34.0 Å². The monoisotopic (exact) mass is 455 g/mol. The van der Waals surface area contributed by atoms with Crippen LogP contribution in [0.5, 0.6) is 0 Å². The van der Waals surface area contributed by atoms with Gasteiger partial charge in [0, 0.05) is 23.3 Å². The molecule has 9 heteroatoms. The summed E-state index contributed by atoms with van der Waals surface area (Å²) in [6.45, 7) is 6.60. The standard InChI is InChI=1S/C23H29N5O3S/c1-22(2,3)16-4-8-23(9-5-16)20(30)28(21(31)27-23)13-18(29)25-12-19-26-17(14-32-19)15-6-10-24-11-7-15/h6-7,10-11,14,16H,4-5,8-9,12-13H2,1-3H3,(H,25,29)(H,27,31). The number of pyridine rings is 1. The molecule has 1 saturated heterocycles. The van der Waals surface area contributed by atoms with Crippen molar-refractivity contribution in [3.8, 4) is 11.3 Å². The van der Waals surface area contributed by atoms with Gasteiger partial charge in [-0.15, -0.1) is 11.3 Å². The Morgan fingerprint density at radius 1 is 1.25 bits per heavy atom. The number of nitrogens with zero attached hydrogens (tertiary/aromatic N) is 3. The quantitative estimate of drug-likeness (QED) is 0.673. The zero-order valence-electron chi connectivity index (χ0n) is 18.7. The molecule has 1 spiro atoms. The predicted octanol–water partition coefficient (Wildman–Crippen LogP) is 3.35. The van der Waals surface area contributed by atoms with Crippen LogP contribution in [-0.4, -0.2) is 44.8 Å². The number of rotatable bonds is 5. The number of urea groups is 1. The average molecular weight is 456 g/mol. The summed E-state index contributed by atoms with van der Waals surface area (Å²) in [7, 11) is 0. The van der Waals surface area contributed by atoms with Gasteiger partial charge in [-0.3, -0.25) is 19.5 Å². The second kappa shape index (κ2) is 8.61. The molecule has 0 atom stereocenters. The highest BCUT2D eigenvalue weighted by Gasteiger charge is 2.53. The van der Waals surface area contributed by atoms with E-state index in [0.29, 0.717) is 18.8 Å². The molecule has 170 valence electrons. The second-order valence-electron chi connectivity index (χ2n) is 9.68. The predicted molar refractivity (Wildman–Crippen MR) is 122 cm³/mol. The van der Waals surface area contributed by atoms with Crippen molar-refractivity contribution < 1.29 is 14.4 Å². The Balaban J connectivity index is 1.32. The minimum absolute atomic E-state index is 0.180. The number of imide groups is 1. The molecule has 2 aromatic rings. The largest absolute Gasteiger partial charge is 0.348 e. The highest BCUT2D eigenvalue weighted by atomic mass is 32.1. The summed E-state index contributed by atoms with van der Waals surface area (Å²) in [5.41, 5.74) is 1.11.